The Bertz CT molecular complexity index is 1100. The number of aromatic nitrogens is 1. The summed E-state index contributed by atoms with van der Waals surface area (Å²) in [5.74, 6) is -0.704. The summed E-state index contributed by atoms with van der Waals surface area (Å²) in [5, 5.41) is 11.0. The van der Waals surface area contributed by atoms with Gasteiger partial charge in [0.2, 0.25) is 17.8 Å². The van der Waals surface area contributed by atoms with Crippen molar-refractivity contribution in [3.8, 4) is 0 Å². The van der Waals surface area contributed by atoms with Crippen molar-refractivity contribution < 1.29 is 36.2 Å². The van der Waals surface area contributed by atoms with E-state index in [0.29, 0.717) is 12.0 Å². The number of non-ortho nitro benzene ring substituents is 1. The molecular weight excluding hydrogens is 463 g/mol. The van der Waals surface area contributed by atoms with Gasteiger partial charge in [0.05, 0.1) is 27.0 Å². The van der Waals surface area contributed by atoms with Crippen molar-refractivity contribution in [2.75, 3.05) is 6.61 Å². The zero-order valence-corrected chi connectivity index (χ0v) is 18.7. The molecule has 3 rings (SSSR count). The van der Waals surface area contributed by atoms with Gasteiger partial charge in [-0.3, -0.25) is 14.9 Å². The van der Waals surface area contributed by atoms with Gasteiger partial charge in [-0.2, -0.15) is 4.57 Å². The number of carbonyl (C=O) groups excluding carboxylic acids is 2. The summed E-state index contributed by atoms with van der Waals surface area (Å²) in [6.45, 7) is 2.23. The lowest BCUT2D eigenvalue weighted by Crippen LogP contribution is -3.00. The van der Waals surface area contributed by atoms with Crippen LogP contribution in [0.1, 0.15) is 31.3 Å². The minimum Gasteiger partial charge on any atom is -1.00 e. The number of thiazole rings is 1. The number of carbonyl (C=O) groups is 2. The third kappa shape index (κ3) is 6.10. The Morgan fingerprint density at radius 2 is 1.90 bits per heavy atom. The van der Waals surface area contributed by atoms with E-state index in [1.54, 1.807) is 12.1 Å². The molecule has 0 bridgehead atoms. The molecule has 0 aliphatic carbocycles. The van der Waals surface area contributed by atoms with E-state index >= 15 is 0 Å². The molecule has 0 aliphatic heterocycles. The van der Waals surface area contributed by atoms with Gasteiger partial charge in [-0.1, -0.05) is 53.3 Å². The largest absolute Gasteiger partial charge is 1.00 e. The number of halogens is 2. The predicted octanol–water partition coefficient (Wildman–Crippen LogP) is 1.19. The highest BCUT2D eigenvalue weighted by Crippen LogP contribution is 2.23. The molecule has 0 amide bonds. The summed E-state index contributed by atoms with van der Waals surface area (Å²) in [6, 6.07) is 12.7. The smallest absolute Gasteiger partial charge is 0.339 e. The molecule has 1 aromatic heterocycles. The first-order valence-corrected chi connectivity index (χ1v) is 10.3. The van der Waals surface area contributed by atoms with Crippen molar-refractivity contribution in [1.82, 2.24) is 0 Å². The number of nitro benzene ring substituents is 1. The normalized spacial score (nSPS) is 10.3. The third-order valence-corrected chi connectivity index (χ3v) is 5.98. The number of rotatable bonds is 8. The monoisotopic (exact) mass is 480 g/mol. The lowest BCUT2D eigenvalue weighted by atomic mass is 10.1. The lowest BCUT2D eigenvalue weighted by Gasteiger charge is -2.05. The highest BCUT2D eigenvalue weighted by molar-refractivity contribution is 7.09. The predicted molar refractivity (Wildman–Crippen MR) is 112 cm³/mol. The highest BCUT2D eigenvalue weighted by atomic mass is 35.5. The molecule has 31 heavy (non-hydrogen) atoms. The van der Waals surface area contributed by atoms with Crippen LogP contribution in [0.4, 0.5) is 5.69 Å². The first-order chi connectivity index (χ1) is 14.4. The maximum Gasteiger partial charge on any atom is 0.339 e. The molecule has 0 atom stereocenters. The van der Waals surface area contributed by atoms with Crippen LogP contribution in [0.2, 0.25) is 5.02 Å². The first kappa shape index (κ1) is 24.5. The molecule has 0 saturated heterocycles. The van der Waals surface area contributed by atoms with Gasteiger partial charge in [-0.05, 0) is 6.07 Å². The number of Topliss-reactive ketones (excluding diaryl/α,β-unsaturated/α-hetero) is 1. The number of ether oxygens (including phenoxy) is 1. The van der Waals surface area contributed by atoms with E-state index in [4.69, 9.17) is 16.3 Å². The number of nitrogens with zero attached hydrogens (tertiary/aromatic N) is 2. The zero-order valence-electron chi connectivity index (χ0n) is 16.4. The van der Waals surface area contributed by atoms with Crippen molar-refractivity contribution in [1.29, 1.82) is 0 Å². The van der Waals surface area contributed by atoms with Crippen LogP contribution in [0.5, 0.6) is 0 Å². The second kappa shape index (κ2) is 11.0. The van der Waals surface area contributed by atoms with Crippen molar-refractivity contribution in [3.63, 3.8) is 0 Å². The van der Waals surface area contributed by atoms with Crippen molar-refractivity contribution >= 4 is 40.4 Å². The molecule has 0 N–H and O–H groups in total. The summed E-state index contributed by atoms with van der Waals surface area (Å²) in [4.78, 5) is 35.9. The van der Waals surface area contributed by atoms with Gasteiger partial charge in [0.15, 0.2) is 5.69 Å². The fraction of sp³-hybridized carbons (Fsp3) is 0.190. The SMILES string of the molecule is Cc1c(CCOC(=O)c2cc([N+](=O)[O-])ccc2Cl)sc[n+]1CC(=O)c1ccccc1.[Cl-]. The average Bonchev–Trinajstić information content (AvgIpc) is 3.08. The van der Waals surface area contributed by atoms with E-state index in [2.05, 4.69) is 0 Å². The molecule has 0 radical (unpaired) electrons. The molecule has 0 fully saturated rings. The van der Waals surface area contributed by atoms with E-state index in [1.165, 1.54) is 23.5 Å². The lowest BCUT2D eigenvalue weighted by molar-refractivity contribution is -0.684. The van der Waals surface area contributed by atoms with Gasteiger partial charge in [-0.25, -0.2) is 4.79 Å². The zero-order chi connectivity index (χ0) is 21.7. The van der Waals surface area contributed by atoms with E-state index in [0.717, 1.165) is 16.6 Å². The van der Waals surface area contributed by atoms with Crippen LogP contribution in [-0.4, -0.2) is 23.3 Å². The second-order valence-corrected chi connectivity index (χ2v) is 7.80. The second-order valence-electron chi connectivity index (χ2n) is 6.46. The number of ketones is 1. The minimum atomic E-state index is -0.718. The van der Waals surface area contributed by atoms with E-state index < -0.39 is 10.9 Å². The summed E-state index contributed by atoms with van der Waals surface area (Å²) < 4.78 is 7.12. The Hall–Kier alpha value is -2.81. The average molecular weight is 481 g/mol. The van der Waals surface area contributed by atoms with Gasteiger partial charge in [-0.15, -0.1) is 0 Å². The van der Waals surface area contributed by atoms with Crippen molar-refractivity contribution in [2.45, 2.75) is 19.9 Å². The van der Waals surface area contributed by atoms with Crippen LogP contribution >= 0.6 is 22.9 Å². The Morgan fingerprint density at radius 1 is 1.19 bits per heavy atom. The molecular formula is C21H18Cl2N2O5S. The summed E-state index contributed by atoms with van der Waals surface area (Å²) in [6.07, 6.45) is 0.460. The maximum atomic E-state index is 12.4. The van der Waals surface area contributed by atoms with Gasteiger partial charge in [0.1, 0.15) is 0 Å². The van der Waals surface area contributed by atoms with E-state index in [9.17, 15) is 19.7 Å². The molecule has 0 aliphatic rings. The topological polar surface area (TPSA) is 90.4 Å². The molecule has 162 valence electrons. The number of hydrogen-bond donors (Lipinski definition) is 0. The number of hydrogen-bond acceptors (Lipinski definition) is 6. The fourth-order valence-corrected chi connectivity index (χ4v) is 3.99. The number of benzene rings is 2. The van der Waals surface area contributed by atoms with Gasteiger partial charge >= 0.3 is 5.97 Å². The molecule has 0 spiro atoms. The quantitative estimate of drug-likeness (QED) is 0.159. The molecule has 2 aromatic carbocycles. The van der Waals surface area contributed by atoms with Crippen LogP contribution < -0.4 is 17.0 Å². The van der Waals surface area contributed by atoms with E-state index in [1.807, 2.05) is 35.2 Å². The Balaban J connectivity index is 0.00000341. The highest BCUT2D eigenvalue weighted by Gasteiger charge is 2.21. The number of esters is 1. The Labute approximate surface area is 193 Å². The van der Waals surface area contributed by atoms with Crippen LogP contribution in [-0.2, 0) is 17.7 Å². The van der Waals surface area contributed by atoms with Crippen molar-refractivity contribution in [3.05, 3.63) is 90.9 Å². The van der Waals surface area contributed by atoms with Crippen LogP contribution in [0.15, 0.2) is 54.0 Å². The molecule has 0 saturated carbocycles. The third-order valence-electron chi connectivity index (χ3n) is 4.51. The molecule has 10 heteroatoms. The van der Waals surface area contributed by atoms with E-state index in [-0.39, 0.29) is 47.6 Å². The van der Waals surface area contributed by atoms with Gasteiger partial charge in [0, 0.05) is 31.0 Å². The summed E-state index contributed by atoms with van der Waals surface area (Å²) >= 11 is 7.44. The standard InChI is InChI=1S/C21H18ClN2O5S.ClH/c1-14-20(30-13-23(14)12-19(25)15-5-3-2-4-6-15)9-10-29-21(26)17-11-16(24(27)28)7-8-18(17)22;/h2-8,11,13H,9-10,12H2,1H3;1H/q+1;/p-1. The summed E-state index contributed by atoms with van der Waals surface area (Å²) in [7, 11) is 0. The van der Waals surface area contributed by atoms with Crippen molar-refractivity contribution in [2.24, 2.45) is 0 Å². The summed E-state index contributed by atoms with van der Waals surface area (Å²) in [5.41, 5.74) is 3.17. The van der Waals surface area contributed by atoms with Gasteiger partial charge in [0.25, 0.3) is 5.69 Å². The molecule has 0 unspecified atom stereocenters. The first-order valence-electron chi connectivity index (χ1n) is 9.02. The fourth-order valence-electron chi connectivity index (χ4n) is 2.81. The molecule has 3 aromatic rings. The van der Waals surface area contributed by atoms with Crippen LogP contribution in [0.3, 0.4) is 0 Å². The molecule has 7 nitrogen and oxygen atoms in total. The van der Waals surface area contributed by atoms with Crippen LogP contribution in [0, 0.1) is 17.0 Å². The molecule has 1 heterocycles. The number of nitro groups is 1. The minimum absolute atomic E-state index is 0. The Morgan fingerprint density at radius 3 is 2.58 bits per heavy atom. The Kier molecular flexibility index (Phi) is 8.67. The van der Waals surface area contributed by atoms with Gasteiger partial charge < -0.3 is 17.1 Å². The van der Waals surface area contributed by atoms with Crippen LogP contribution in [0.25, 0.3) is 0 Å². The maximum absolute atomic E-state index is 12.4.